The number of halogens is 2. The molecule has 1 unspecified atom stereocenters. The molecule has 2 rings (SSSR count). The summed E-state index contributed by atoms with van der Waals surface area (Å²) >= 11 is 0. The second-order valence-electron chi connectivity index (χ2n) is 5.11. The van der Waals surface area contributed by atoms with Gasteiger partial charge >= 0.3 is 0 Å². The highest BCUT2D eigenvalue weighted by Crippen LogP contribution is 2.22. The Bertz CT molecular complexity index is 558. The number of aryl methyl sites for hydroxylation is 1. The third-order valence-electron chi connectivity index (χ3n) is 3.71. The van der Waals surface area contributed by atoms with Gasteiger partial charge in [0, 0.05) is 11.6 Å². The lowest BCUT2D eigenvalue weighted by Crippen LogP contribution is -2.23. The van der Waals surface area contributed by atoms with Gasteiger partial charge in [0.15, 0.2) is 0 Å². The van der Waals surface area contributed by atoms with E-state index in [-0.39, 0.29) is 11.6 Å². The smallest absolute Gasteiger partial charge is 0.129 e. The summed E-state index contributed by atoms with van der Waals surface area (Å²) in [6.45, 7) is 4.84. The van der Waals surface area contributed by atoms with E-state index in [0.29, 0.717) is 6.42 Å². The highest BCUT2D eigenvalue weighted by Gasteiger charge is 2.16. The predicted molar refractivity (Wildman–Crippen MR) is 82.3 cm³/mol. The molecule has 21 heavy (non-hydrogen) atoms. The molecule has 1 N–H and O–H groups in total. The van der Waals surface area contributed by atoms with Gasteiger partial charge in [-0.25, -0.2) is 8.78 Å². The monoisotopic (exact) mass is 289 g/mol. The number of rotatable bonds is 6. The van der Waals surface area contributed by atoms with Gasteiger partial charge in [-0.1, -0.05) is 44.2 Å². The molecule has 1 nitrogen and oxygen atoms in total. The van der Waals surface area contributed by atoms with Crippen LogP contribution in [0.1, 0.15) is 36.6 Å². The molecule has 0 fully saturated rings. The molecular formula is C18H21F2N. The zero-order chi connectivity index (χ0) is 15.2. The minimum absolute atomic E-state index is 0.0905. The van der Waals surface area contributed by atoms with Crippen LogP contribution >= 0.6 is 0 Å². The molecule has 0 aliphatic heterocycles. The van der Waals surface area contributed by atoms with E-state index in [1.54, 1.807) is 0 Å². The first-order valence-electron chi connectivity index (χ1n) is 7.40. The zero-order valence-electron chi connectivity index (χ0n) is 12.5. The number of hydrogen-bond acceptors (Lipinski definition) is 1. The standard InChI is InChI=1S/C18H21F2N/c1-3-13-8-10-14(11-9-13)18(21-4-2)12-15-16(19)6-5-7-17(15)20/h5-11,18,21H,3-4,12H2,1-2H3. The van der Waals surface area contributed by atoms with Crippen LogP contribution in [0.15, 0.2) is 42.5 Å². The maximum atomic E-state index is 13.8. The van der Waals surface area contributed by atoms with Gasteiger partial charge in [0.2, 0.25) is 0 Å². The summed E-state index contributed by atoms with van der Waals surface area (Å²) in [6.07, 6.45) is 1.28. The molecule has 1 atom stereocenters. The summed E-state index contributed by atoms with van der Waals surface area (Å²) in [6, 6.07) is 12.1. The minimum Gasteiger partial charge on any atom is -0.310 e. The molecule has 0 saturated heterocycles. The second kappa shape index (κ2) is 7.32. The normalized spacial score (nSPS) is 12.4. The fourth-order valence-corrected chi connectivity index (χ4v) is 2.47. The van der Waals surface area contributed by atoms with Crippen molar-refractivity contribution in [1.29, 1.82) is 0 Å². The number of nitrogens with one attached hydrogen (secondary N) is 1. The fourth-order valence-electron chi connectivity index (χ4n) is 2.47. The molecule has 0 saturated carbocycles. The second-order valence-corrected chi connectivity index (χ2v) is 5.11. The predicted octanol–water partition coefficient (Wildman–Crippen LogP) is 4.42. The van der Waals surface area contributed by atoms with Crippen molar-refractivity contribution in [2.24, 2.45) is 0 Å². The molecule has 2 aromatic rings. The van der Waals surface area contributed by atoms with Crippen molar-refractivity contribution in [3.05, 3.63) is 70.8 Å². The van der Waals surface area contributed by atoms with Crippen molar-refractivity contribution in [3.8, 4) is 0 Å². The lowest BCUT2D eigenvalue weighted by Gasteiger charge is -2.19. The summed E-state index contributed by atoms with van der Waals surface area (Å²) in [5.41, 5.74) is 2.45. The van der Waals surface area contributed by atoms with Crippen LogP contribution in [-0.2, 0) is 12.8 Å². The van der Waals surface area contributed by atoms with Gasteiger partial charge in [0.05, 0.1) is 0 Å². The van der Waals surface area contributed by atoms with Crippen LogP contribution in [0.25, 0.3) is 0 Å². The van der Waals surface area contributed by atoms with Crippen molar-refractivity contribution in [1.82, 2.24) is 5.32 Å². The summed E-state index contributed by atoms with van der Waals surface area (Å²) in [4.78, 5) is 0. The zero-order valence-corrected chi connectivity index (χ0v) is 12.5. The maximum absolute atomic E-state index is 13.8. The summed E-state index contributed by atoms with van der Waals surface area (Å²) < 4.78 is 27.6. The van der Waals surface area contributed by atoms with Crippen molar-refractivity contribution >= 4 is 0 Å². The fraction of sp³-hybridized carbons (Fsp3) is 0.333. The van der Waals surface area contributed by atoms with Crippen LogP contribution in [0, 0.1) is 11.6 Å². The van der Waals surface area contributed by atoms with Crippen LogP contribution in [0.2, 0.25) is 0 Å². The molecular weight excluding hydrogens is 268 g/mol. The molecule has 0 spiro atoms. The lowest BCUT2D eigenvalue weighted by atomic mass is 9.97. The molecule has 0 aromatic heterocycles. The Hall–Kier alpha value is -1.74. The Labute approximate surface area is 125 Å². The molecule has 2 aromatic carbocycles. The third-order valence-corrected chi connectivity index (χ3v) is 3.71. The van der Waals surface area contributed by atoms with Gasteiger partial charge in [-0.3, -0.25) is 0 Å². The Morgan fingerprint density at radius 3 is 2.10 bits per heavy atom. The van der Waals surface area contributed by atoms with Gasteiger partial charge in [-0.05, 0) is 42.6 Å². The Morgan fingerprint density at radius 1 is 0.952 bits per heavy atom. The van der Waals surface area contributed by atoms with E-state index in [0.717, 1.165) is 18.5 Å². The summed E-state index contributed by atoms with van der Waals surface area (Å²) in [5.74, 6) is -0.967. The molecule has 0 amide bonds. The van der Waals surface area contributed by atoms with Crippen LogP contribution in [0.3, 0.4) is 0 Å². The van der Waals surface area contributed by atoms with Crippen LogP contribution in [-0.4, -0.2) is 6.54 Å². The van der Waals surface area contributed by atoms with Gasteiger partial charge < -0.3 is 5.32 Å². The van der Waals surface area contributed by atoms with E-state index in [1.165, 1.54) is 23.8 Å². The summed E-state index contributed by atoms with van der Waals surface area (Å²) in [7, 11) is 0. The largest absolute Gasteiger partial charge is 0.310 e. The molecule has 0 bridgehead atoms. The first-order chi connectivity index (χ1) is 10.2. The van der Waals surface area contributed by atoms with Crippen molar-refractivity contribution < 1.29 is 8.78 Å². The molecule has 0 aliphatic carbocycles. The first-order valence-corrected chi connectivity index (χ1v) is 7.40. The number of benzene rings is 2. The van der Waals surface area contributed by atoms with Crippen molar-refractivity contribution in [2.45, 2.75) is 32.7 Å². The van der Waals surface area contributed by atoms with Crippen LogP contribution in [0.5, 0.6) is 0 Å². The molecule has 3 heteroatoms. The lowest BCUT2D eigenvalue weighted by molar-refractivity contribution is 0.499. The molecule has 0 heterocycles. The number of hydrogen-bond donors (Lipinski definition) is 1. The van der Waals surface area contributed by atoms with Crippen molar-refractivity contribution in [2.75, 3.05) is 6.54 Å². The Morgan fingerprint density at radius 2 is 1.57 bits per heavy atom. The third kappa shape index (κ3) is 3.88. The minimum atomic E-state index is -0.483. The average molecular weight is 289 g/mol. The highest BCUT2D eigenvalue weighted by molar-refractivity contribution is 5.28. The SMILES string of the molecule is CCNC(Cc1c(F)cccc1F)c1ccc(CC)cc1. The Kier molecular flexibility index (Phi) is 5.45. The van der Waals surface area contributed by atoms with Gasteiger partial charge in [-0.15, -0.1) is 0 Å². The first kappa shape index (κ1) is 15.6. The van der Waals surface area contributed by atoms with E-state index in [1.807, 2.05) is 19.1 Å². The highest BCUT2D eigenvalue weighted by atomic mass is 19.1. The maximum Gasteiger partial charge on any atom is 0.129 e. The average Bonchev–Trinajstić information content (AvgIpc) is 2.50. The quantitative estimate of drug-likeness (QED) is 0.830. The molecule has 0 radical (unpaired) electrons. The van der Waals surface area contributed by atoms with Gasteiger partial charge in [0.1, 0.15) is 11.6 Å². The topological polar surface area (TPSA) is 12.0 Å². The van der Waals surface area contributed by atoms with Crippen LogP contribution < -0.4 is 5.32 Å². The Balaban J connectivity index is 2.26. The van der Waals surface area contributed by atoms with Crippen molar-refractivity contribution in [3.63, 3.8) is 0 Å². The molecule has 112 valence electrons. The summed E-state index contributed by atoms with van der Waals surface area (Å²) in [5, 5.41) is 3.31. The molecule has 0 aliphatic rings. The van der Waals surface area contributed by atoms with Gasteiger partial charge in [0.25, 0.3) is 0 Å². The van der Waals surface area contributed by atoms with E-state index in [4.69, 9.17) is 0 Å². The van der Waals surface area contributed by atoms with Crippen LogP contribution in [0.4, 0.5) is 8.78 Å². The number of likely N-dealkylation sites (N-methyl/N-ethyl adjacent to an activating group) is 1. The van der Waals surface area contributed by atoms with E-state index in [2.05, 4.69) is 24.4 Å². The van der Waals surface area contributed by atoms with E-state index < -0.39 is 11.6 Å². The van der Waals surface area contributed by atoms with Gasteiger partial charge in [-0.2, -0.15) is 0 Å². The van der Waals surface area contributed by atoms with E-state index in [9.17, 15) is 8.78 Å². The van der Waals surface area contributed by atoms with E-state index >= 15 is 0 Å².